The minimum atomic E-state index is -0.112. The Balaban J connectivity index is 2.10. The lowest BCUT2D eigenvalue weighted by atomic mass is 10.0. The molecule has 0 atom stereocenters. The first kappa shape index (κ1) is 18.7. The standard InChI is InChI=1S/C21H26N2O2/c1-14-12-16(3)20(17(4)13-14)23(18(5)24)11-10-22-21(25)19-9-7-6-8-15(19)2/h6-9,12-13H,10-11H2,1-5H3,(H,22,25). The van der Waals surface area contributed by atoms with E-state index in [9.17, 15) is 9.59 Å². The molecule has 0 saturated carbocycles. The number of rotatable bonds is 5. The van der Waals surface area contributed by atoms with E-state index in [1.54, 1.807) is 11.8 Å². The van der Waals surface area contributed by atoms with Crippen LogP contribution in [0, 0.1) is 27.7 Å². The van der Waals surface area contributed by atoms with E-state index in [2.05, 4.69) is 17.4 Å². The van der Waals surface area contributed by atoms with Gasteiger partial charge in [0.15, 0.2) is 0 Å². The highest BCUT2D eigenvalue weighted by Gasteiger charge is 2.17. The maximum Gasteiger partial charge on any atom is 0.251 e. The van der Waals surface area contributed by atoms with Crippen molar-refractivity contribution in [2.24, 2.45) is 0 Å². The van der Waals surface area contributed by atoms with Crippen LogP contribution in [0.4, 0.5) is 5.69 Å². The first-order valence-corrected chi connectivity index (χ1v) is 8.51. The molecule has 2 aromatic carbocycles. The number of carbonyl (C=O) groups excluding carboxylic acids is 2. The Morgan fingerprint density at radius 2 is 1.56 bits per heavy atom. The van der Waals surface area contributed by atoms with Gasteiger partial charge in [-0.1, -0.05) is 35.9 Å². The number of hydrogen-bond donors (Lipinski definition) is 1. The summed E-state index contributed by atoms with van der Waals surface area (Å²) in [5.41, 5.74) is 5.85. The molecule has 0 radical (unpaired) electrons. The van der Waals surface area contributed by atoms with Crippen molar-refractivity contribution in [3.8, 4) is 0 Å². The SMILES string of the molecule is CC(=O)N(CCNC(=O)c1ccccc1C)c1c(C)cc(C)cc1C. The zero-order chi connectivity index (χ0) is 18.6. The van der Waals surface area contributed by atoms with Gasteiger partial charge in [-0.05, 0) is 50.5 Å². The van der Waals surface area contributed by atoms with Gasteiger partial charge in [0.05, 0.1) is 0 Å². The second kappa shape index (κ2) is 7.97. The van der Waals surface area contributed by atoms with Gasteiger partial charge in [0.25, 0.3) is 5.91 Å². The third-order valence-corrected chi connectivity index (χ3v) is 4.30. The second-order valence-corrected chi connectivity index (χ2v) is 6.49. The van der Waals surface area contributed by atoms with Crippen molar-refractivity contribution in [2.75, 3.05) is 18.0 Å². The van der Waals surface area contributed by atoms with Crippen LogP contribution in [0.2, 0.25) is 0 Å². The molecule has 0 aliphatic heterocycles. The summed E-state index contributed by atoms with van der Waals surface area (Å²) in [6.45, 7) is 10.4. The second-order valence-electron chi connectivity index (χ2n) is 6.49. The largest absolute Gasteiger partial charge is 0.350 e. The van der Waals surface area contributed by atoms with Crippen LogP contribution in [0.15, 0.2) is 36.4 Å². The predicted octanol–water partition coefficient (Wildman–Crippen LogP) is 3.70. The summed E-state index contributed by atoms with van der Waals surface area (Å²) in [5.74, 6) is -0.140. The molecule has 4 heteroatoms. The number of nitrogens with zero attached hydrogens (tertiary/aromatic N) is 1. The van der Waals surface area contributed by atoms with E-state index in [0.29, 0.717) is 18.7 Å². The molecule has 0 unspecified atom stereocenters. The minimum absolute atomic E-state index is 0.0276. The third-order valence-electron chi connectivity index (χ3n) is 4.30. The smallest absolute Gasteiger partial charge is 0.251 e. The summed E-state index contributed by atoms with van der Waals surface area (Å²) < 4.78 is 0. The average Bonchev–Trinajstić information content (AvgIpc) is 2.52. The Morgan fingerprint density at radius 3 is 2.12 bits per heavy atom. The van der Waals surface area contributed by atoms with Gasteiger partial charge in [-0.15, -0.1) is 0 Å². The molecule has 2 rings (SSSR count). The summed E-state index contributed by atoms with van der Waals surface area (Å²) in [4.78, 5) is 26.2. The first-order valence-electron chi connectivity index (χ1n) is 8.51. The number of anilines is 1. The Hall–Kier alpha value is -2.62. The number of benzene rings is 2. The van der Waals surface area contributed by atoms with Crippen molar-refractivity contribution in [3.05, 3.63) is 64.2 Å². The van der Waals surface area contributed by atoms with Crippen molar-refractivity contribution in [1.29, 1.82) is 0 Å². The van der Waals surface area contributed by atoms with Crippen LogP contribution < -0.4 is 10.2 Å². The van der Waals surface area contributed by atoms with Crippen LogP contribution in [0.25, 0.3) is 0 Å². The van der Waals surface area contributed by atoms with Crippen LogP contribution >= 0.6 is 0 Å². The van der Waals surface area contributed by atoms with E-state index < -0.39 is 0 Å². The maximum absolute atomic E-state index is 12.3. The number of carbonyl (C=O) groups is 2. The highest BCUT2D eigenvalue weighted by molar-refractivity contribution is 5.96. The summed E-state index contributed by atoms with van der Waals surface area (Å²) >= 11 is 0. The van der Waals surface area contributed by atoms with Gasteiger partial charge in [0.1, 0.15) is 0 Å². The Labute approximate surface area is 149 Å². The zero-order valence-corrected chi connectivity index (χ0v) is 15.6. The minimum Gasteiger partial charge on any atom is -0.350 e. The van der Waals surface area contributed by atoms with E-state index in [1.165, 1.54) is 5.56 Å². The van der Waals surface area contributed by atoms with Gasteiger partial charge in [-0.2, -0.15) is 0 Å². The number of hydrogen-bond acceptors (Lipinski definition) is 2. The molecular formula is C21H26N2O2. The Kier molecular flexibility index (Phi) is 5.97. The molecule has 0 aliphatic rings. The van der Waals surface area contributed by atoms with Gasteiger partial charge >= 0.3 is 0 Å². The lowest BCUT2D eigenvalue weighted by molar-refractivity contribution is -0.116. The zero-order valence-electron chi connectivity index (χ0n) is 15.6. The van der Waals surface area contributed by atoms with Crippen molar-refractivity contribution in [3.63, 3.8) is 0 Å². The molecule has 4 nitrogen and oxygen atoms in total. The highest BCUT2D eigenvalue weighted by atomic mass is 16.2. The molecule has 1 N–H and O–H groups in total. The fraction of sp³-hybridized carbons (Fsp3) is 0.333. The van der Waals surface area contributed by atoms with Crippen LogP contribution in [-0.4, -0.2) is 24.9 Å². The van der Waals surface area contributed by atoms with Crippen molar-refractivity contribution in [1.82, 2.24) is 5.32 Å². The lowest BCUT2D eigenvalue weighted by Crippen LogP contribution is -2.38. The molecule has 0 aromatic heterocycles. The topological polar surface area (TPSA) is 49.4 Å². The third kappa shape index (κ3) is 4.47. The van der Waals surface area contributed by atoms with Gasteiger partial charge in [0.2, 0.25) is 5.91 Å². The molecule has 0 bridgehead atoms. The molecule has 0 heterocycles. The van der Waals surface area contributed by atoms with Crippen LogP contribution in [-0.2, 0) is 4.79 Å². The number of amides is 2. The van der Waals surface area contributed by atoms with Gasteiger partial charge in [-0.25, -0.2) is 0 Å². The van der Waals surface area contributed by atoms with Gasteiger partial charge in [0, 0.05) is 31.3 Å². The van der Waals surface area contributed by atoms with Crippen molar-refractivity contribution in [2.45, 2.75) is 34.6 Å². The molecule has 0 saturated heterocycles. The summed E-state index contributed by atoms with van der Waals surface area (Å²) in [5, 5.41) is 2.91. The van der Waals surface area contributed by atoms with Crippen molar-refractivity contribution >= 4 is 17.5 Å². The molecule has 2 amide bonds. The normalized spacial score (nSPS) is 10.4. The molecular weight excluding hydrogens is 312 g/mol. The molecule has 0 aliphatic carbocycles. The fourth-order valence-corrected chi connectivity index (χ4v) is 3.23. The first-order chi connectivity index (χ1) is 11.8. The van der Waals surface area contributed by atoms with Crippen LogP contribution in [0.1, 0.15) is 39.5 Å². The van der Waals surface area contributed by atoms with Crippen LogP contribution in [0.5, 0.6) is 0 Å². The molecule has 2 aromatic rings. The van der Waals surface area contributed by atoms with E-state index in [0.717, 1.165) is 22.4 Å². The van der Waals surface area contributed by atoms with E-state index >= 15 is 0 Å². The summed E-state index contributed by atoms with van der Waals surface area (Å²) in [7, 11) is 0. The van der Waals surface area contributed by atoms with E-state index in [1.807, 2.05) is 52.0 Å². The Morgan fingerprint density at radius 1 is 0.960 bits per heavy atom. The van der Waals surface area contributed by atoms with Crippen LogP contribution in [0.3, 0.4) is 0 Å². The number of aryl methyl sites for hydroxylation is 4. The molecule has 0 fully saturated rings. The van der Waals surface area contributed by atoms with Gasteiger partial charge < -0.3 is 10.2 Å². The van der Waals surface area contributed by atoms with E-state index in [4.69, 9.17) is 0 Å². The van der Waals surface area contributed by atoms with Crippen molar-refractivity contribution < 1.29 is 9.59 Å². The lowest BCUT2D eigenvalue weighted by Gasteiger charge is -2.25. The van der Waals surface area contributed by atoms with E-state index in [-0.39, 0.29) is 11.8 Å². The fourth-order valence-electron chi connectivity index (χ4n) is 3.23. The maximum atomic E-state index is 12.3. The molecule has 132 valence electrons. The molecule has 25 heavy (non-hydrogen) atoms. The average molecular weight is 338 g/mol. The monoisotopic (exact) mass is 338 g/mol. The highest BCUT2D eigenvalue weighted by Crippen LogP contribution is 2.26. The van der Waals surface area contributed by atoms with Gasteiger partial charge in [-0.3, -0.25) is 9.59 Å². The summed E-state index contributed by atoms with van der Waals surface area (Å²) in [6.07, 6.45) is 0. The quantitative estimate of drug-likeness (QED) is 0.903. The molecule has 0 spiro atoms. The Bertz CT molecular complexity index is 773. The predicted molar refractivity (Wildman–Crippen MR) is 102 cm³/mol. The summed E-state index contributed by atoms with van der Waals surface area (Å²) in [6, 6.07) is 11.6. The number of nitrogens with one attached hydrogen (secondary N) is 1.